The lowest BCUT2D eigenvalue weighted by molar-refractivity contribution is -0.139. The minimum atomic E-state index is -3.53. The van der Waals surface area contributed by atoms with Gasteiger partial charge in [-0.05, 0) is 51.0 Å². The third-order valence-corrected chi connectivity index (χ3v) is 11.1. The molecule has 3 heterocycles. The molecule has 2 aliphatic heterocycles. The molecule has 2 aliphatic rings. The quantitative estimate of drug-likeness (QED) is 0.182. The number of nitrogens with two attached hydrogens (primary N) is 1. The van der Waals surface area contributed by atoms with Crippen LogP contribution in [0.15, 0.2) is 53.7 Å². The molecule has 3 aromatic rings. The van der Waals surface area contributed by atoms with Crippen molar-refractivity contribution in [2.24, 2.45) is 5.73 Å². The Morgan fingerprint density at radius 3 is 2.20 bits per heavy atom. The van der Waals surface area contributed by atoms with E-state index in [1.807, 2.05) is 23.1 Å². The van der Waals surface area contributed by atoms with Crippen LogP contribution >= 0.6 is 0 Å². The molecule has 2 amide bonds. The zero-order chi connectivity index (χ0) is 36.4. The second-order valence-electron chi connectivity index (χ2n) is 12.6. The van der Waals surface area contributed by atoms with Crippen LogP contribution in [-0.2, 0) is 28.9 Å². The minimum absolute atomic E-state index is 0.00817. The molecule has 2 fully saturated rings. The highest BCUT2D eigenvalue weighted by Crippen LogP contribution is 2.33. The van der Waals surface area contributed by atoms with Gasteiger partial charge in [0.05, 0.1) is 41.8 Å². The number of benzene rings is 2. The summed E-state index contributed by atoms with van der Waals surface area (Å²) in [6, 6.07) is 13.1. The third kappa shape index (κ3) is 10.0. The largest absolute Gasteiger partial charge is 0.494 e. The number of nitrogens with zero attached hydrogens (tertiary/aromatic N) is 6. The van der Waals surface area contributed by atoms with Gasteiger partial charge in [-0.3, -0.25) is 14.5 Å². The number of rotatable bonds is 16. The summed E-state index contributed by atoms with van der Waals surface area (Å²) >= 11 is 0. The molecule has 2 aromatic carbocycles. The first-order chi connectivity index (χ1) is 24.5. The molecule has 0 saturated carbocycles. The molecule has 0 bridgehead atoms. The van der Waals surface area contributed by atoms with Crippen LogP contribution in [0, 0.1) is 0 Å². The zero-order valence-electron chi connectivity index (χ0n) is 29.3. The predicted molar refractivity (Wildman–Crippen MR) is 192 cm³/mol. The Morgan fingerprint density at radius 2 is 1.55 bits per heavy atom. The number of amides is 2. The van der Waals surface area contributed by atoms with Crippen LogP contribution < -0.4 is 26.0 Å². The van der Waals surface area contributed by atoms with E-state index in [0.717, 1.165) is 44.7 Å². The number of piperidine rings is 1. The van der Waals surface area contributed by atoms with Gasteiger partial charge in [-0.2, -0.15) is 4.98 Å². The van der Waals surface area contributed by atoms with Gasteiger partial charge in [0.1, 0.15) is 25.3 Å². The number of hydrogen-bond acceptors (Lipinski definition) is 14. The van der Waals surface area contributed by atoms with Gasteiger partial charge in [-0.25, -0.2) is 18.4 Å². The first-order valence-electron chi connectivity index (χ1n) is 17.0. The number of para-hydroxylation sites is 1. The predicted octanol–water partition coefficient (Wildman–Crippen LogP) is 2.18. The number of anilines is 5. The van der Waals surface area contributed by atoms with E-state index in [2.05, 4.69) is 35.4 Å². The van der Waals surface area contributed by atoms with Gasteiger partial charge in [0.25, 0.3) is 0 Å². The van der Waals surface area contributed by atoms with Gasteiger partial charge in [-0.15, -0.1) is 0 Å². The summed E-state index contributed by atoms with van der Waals surface area (Å²) in [6.45, 7) is 8.32. The maximum atomic E-state index is 12.9. The summed E-state index contributed by atoms with van der Waals surface area (Å²) < 4.78 is 42.0. The monoisotopic (exact) mass is 725 g/mol. The highest BCUT2D eigenvalue weighted by molar-refractivity contribution is 7.92. The molecule has 0 aliphatic carbocycles. The normalized spacial score (nSPS) is 15.9. The summed E-state index contributed by atoms with van der Waals surface area (Å²) in [4.78, 5) is 43.0. The van der Waals surface area contributed by atoms with Crippen LogP contribution in [0.25, 0.3) is 0 Å². The first-order valence-corrected chi connectivity index (χ1v) is 18.5. The van der Waals surface area contributed by atoms with E-state index in [-0.39, 0.29) is 49.1 Å². The molecule has 16 nitrogen and oxygen atoms in total. The zero-order valence-corrected chi connectivity index (χ0v) is 30.1. The number of methoxy groups -OCH3 is 1. The number of aromatic nitrogens is 3. The number of piperazine rings is 1. The molecule has 0 unspecified atom stereocenters. The molecule has 276 valence electrons. The Hall–Kier alpha value is -4.58. The second kappa shape index (κ2) is 17.6. The molecule has 5 rings (SSSR count). The van der Waals surface area contributed by atoms with Crippen LogP contribution in [0.1, 0.15) is 26.7 Å². The van der Waals surface area contributed by atoms with Gasteiger partial charge in [0, 0.05) is 57.1 Å². The Balaban J connectivity index is 1.11. The summed E-state index contributed by atoms with van der Waals surface area (Å²) in [6.07, 6.45) is 3.36. The van der Waals surface area contributed by atoms with Crippen molar-refractivity contribution in [3.63, 3.8) is 0 Å². The average Bonchev–Trinajstić information content (AvgIpc) is 3.13. The smallest absolute Gasteiger partial charge is 0.248 e. The lowest BCUT2D eigenvalue weighted by Crippen LogP contribution is -2.54. The van der Waals surface area contributed by atoms with Crippen LogP contribution in [0.4, 0.5) is 29.0 Å². The topological polar surface area (TPSA) is 194 Å². The number of carbonyl (C=O) groups excluding carboxylic acids is 2. The number of carbonyl (C=O) groups is 2. The summed E-state index contributed by atoms with van der Waals surface area (Å²) in [7, 11) is -1.92. The summed E-state index contributed by atoms with van der Waals surface area (Å²) in [5.41, 5.74) is 7.13. The summed E-state index contributed by atoms with van der Waals surface area (Å²) in [5.74, 6) is 0.508. The maximum absolute atomic E-state index is 12.9. The van der Waals surface area contributed by atoms with E-state index >= 15 is 0 Å². The van der Waals surface area contributed by atoms with E-state index in [1.165, 1.54) is 6.33 Å². The maximum Gasteiger partial charge on any atom is 0.248 e. The van der Waals surface area contributed by atoms with Crippen LogP contribution in [0.5, 0.6) is 5.75 Å². The van der Waals surface area contributed by atoms with Gasteiger partial charge in [0.2, 0.25) is 23.7 Å². The van der Waals surface area contributed by atoms with Crippen LogP contribution in [0.2, 0.25) is 0 Å². The Bertz CT molecular complexity index is 1750. The van der Waals surface area contributed by atoms with E-state index in [1.54, 1.807) is 45.2 Å². The Labute approximate surface area is 298 Å². The third-order valence-electron chi connectivity index (χ3n) is 8.92. The average molecular weight is 726 g/mol. The first kappa shape index (κ1) is 37.7. The SMILES string of the molecule is COc1cc(N2CCC(N3CCN(C(=O)COCCOCC(N)=O)CC3)CC2)ccc1Nc1ncnc(Nc2ccccc2S(=O)(=O)C(C)C)n1. The molecule has 2 saturated heterocycles. The van der Waals surface area contributed by atoms with E-state index in [4.69, 9.17) is 19.9 Å². The fourth-order valence-corrected chi connectivity index (χ4v) is 7.28. The van der Waals surface area contributed by atoms with Crippen LogP contribution in [0.3, 0.4) is 0 Å². The Morgan fingerprint density at radius 1 is 0.902 bits per heavy atom. The summed E-state index contributed by atoms with van der Waals surface area (Å²) in [5, 5.41) is 5.65. The molecule has 51 heavy (non-hydrogen) atoms. The van der Waals surface area contributed by atoms with Crippen molar-refractivity contribution in [3.8, 4) is 5.75 Å². The van der Waals surface area contributed by atoms with Crippen molar-refractivity contribution in [1.82, 2.24) is 24.8 Å². The lowest BCUT2D eigenvalue weighted by atomic mass is 10.0. The number of primary amides is 1. The van der Waals surface area contributed by atoms with Crippen molar-refractivity contribution in [3.05, 3.63) is 48.8 Å². The molecule has 4 N–H and O–H groups in total. The molecular formula is C34H47N9O7S. The standard InChI is InChI=1S/C34H47N9O7S/c1-24(2)51(46,47)30-7-5-4-6-28(30)39-34-37-23-36-33(40-34)38-27-9-8-26(20-29(27)48-3)41-12-10-25(11-13-41)42-14-16-43(17-15-42)32(45)22-50-19-18-49-21-31(35)44/h4-9,20,23-25H,10-19,21-22H2,1-3H3,(H2,35,44)(H2,36,37,38,39,40). The van der Waals surface area contributed by atoms with Gasteiger partial charge in [-0.1, -0.05) is 12.1 Å². The fraction of sp³-hybridized carbons (Fsp3) is 0.500. The van der Waals surface area contributed by atoms with E-state index < -0.39 is 21.0 Å². The number of sulfone groups is 1. The van der Waals surface area contributed by atoms with E-state index in [0.29, 0.717) is 36.3 Å². The molecule has 0 atom stereocenters. The van der Waals surface area contributed by atoms with Crippen molar-refractivity contribution < 1.29 is 32.2 Å². The molecule has 0 radical (unpaired) electrons. The van der Waals surface area contributed by atoms with E-state index in [9.17, 15) is 18.0 Å². The second-order valence-corrected chi connectivity index (χ2v) is 15.0. The van der Waals surface area contributed by atoms with Crippen molar-refractivity contribution in [2.45, 2.75) is 42.9 Å². The minimum Gasteiger partial charge on any atom is -0.494 e. The fourth-order valence-electron chi connectivity index (χ4n) is 6.08. The molecule has 1 aromatic heterocycles. The number of ether oxygens (including phenoxy) is 3. The lowest BCUT2D eigenvalue weighted by Gasteiger charge is -2.43. The van der Waals surface area contributed by atoms with Gasteiger partial charge < -0.3 is 40.4 Å². The highest BCUT2D eigenvalue weighted by Gasteiger charge is 2.29. The van der Waals surface area contributed by atoms with Crippen molar-refractivity contribution >= 4 is 50.6 Å². The molecule has 17 heteroatoms. The van der Waals surface area contributed by atoms with Gasteiger partial charge >= 0.3 is 0 Å². The number of nitrogens with one attached hydrogen (secondary N) is 2. The van der Waals surface area contributed by atoms with Crippen LogP contribution in [-0.4, -0.2) is 129 Å². The molecular weight excluding hydrogens is 678 g/mol. The van der Waals surface area contributed by atoms with Gasteiger partial charge in [0.15, 0.2) is 9.84 Å². The van der Waals surface area contributed by atoms with Crippen molar-refractivity contribution in [2.75, 3.05) is 88.3 Å². The Kier molecular flexibility index (Phi) is 13.0. The van der Waals surface area contributed by atoms with Crippen molar-refractivity contribution in [1.29, 1.82) is 0 Å². The highest BCUT2D eigenvalue weighted by atomic mass is 32.2. The number of hydrogen-bond donors (Lipinski definition) is 3. The molecule has 0 spiro atoms.